The molecule has 0 N–H and O–H groups in total. The smallest absolute Gasteiger partial charge is 0.344 e. The summed E-state index contributed by atoms with van der Waals surface area (Å²) in [5, 5.41) is 0.725. The summed E-state index contributed by atoms with van der Waals surface area (Å²) in [5.41, 5.74) is 3.02. The average Bonchev–Trinajstić information content (AvgIpc) is 2.94. The van der Waals surface area contributed by atoms with Crippen molar-refractivity contribution in [1.29, 1.82) is 0 Å². The minimum Gasteiger partial charge on any atom is -0.493 e. The number of ether oxygens (including phenoxy) is 4. The van der Waals surface area contributed by atoms with Gasteiger partial charge in [-0.15, -0.1) is 0 Å². The number of esters is 1. The van der Waals surface area contributed by atoms with E-state index >= 15 is 0 Å². The molecule has 6 nitrogen and oxygen atoms in total. The Bertz CT molecular complexity index is 1330. The van der Waals surface area contributed by atoms with Crippen LogP contribution in [-0.4, -0.2) is 63.5 Å². The van der Waals surface area contributed by atoms with E-state index in [9.17, 15) is 4.79 Å². The number of halogens is 1. The third kappa shape index (κ3) is 9.79. The van der Waals surface area contributed by atoms with Crippen molar-refractivity contribution in [2.24, 2.45) is 0 Å². The molecule has 0 radical (unpaired) electrons. The number of hydrogen-bond acceptors (Lipinski definition) is 7. The van der Waals surface area contributed by atoms with Crippen LogP contribution in [0.4, 0.5) is 0 Å². The van der Waals surface area contributed by atoms with E-state index in [1.54, 1.807) is 18.7 Å². The molecular formula is C32H34ClNO5S. The van der Waals surface area contributed by atoms with E-state index in [4.69, 9.17) is 30.5 Å². The van der Waals surface area contributed by atoms with Crippen LogP contribution >= 0.6 is 23.4 Å². The zero-order valence-corrected chi connectivity index (χ0v) is 24.5. The van der Waals surface area contributed by atoms with Gasteiger partial charge in [0.2, 0.25) is 0 Å². The van der Waals surface area contributed by atoms with E-state index in [1.165, 1.54) is 5.56 Å². The molecule has 1 fully saturated rings. The average molecular weight is 580 g/mol. The van der Waals surface area contributed by atoms with Crippen molar-refractivity contribution in [1.82, 2.24) is 4.90 Å². The SMILES string of the molecule is CCOC(=O)COc1ccc(Sc2cc(C#CCN3CCOCC3)cc(OCCc3ccc(Cl)cc3)c2)cc1C. The van der Waals surface area contributed by atoms with Gasteiger partial charge in [-0.2, -0.15) is 0 Å². The normalized spacial score (nSPS) is 13.3. The van der Waals surface area contributed by atoms with Crippen LogP contribution in [0, 0.1) is 18.8 Å². The van der Waals surface area contributed by atoms with Crippen LogP contribution in [0.15, 0.2) is 70.5 Å². The largest absolute Gasteiger partial charge is 0.493 e. The Morgan fingerprint density at radius 1 is 1.02 bits per heavy atom. The second-order valence-electron chi connectivity index (χ2n) is 9.23. The number of rotatable bonds is 11. The summed E-state index contributed by atoms with van der Waals surface area (Å²) in [6, 6.07) is 19.9. The summed E-state index contributed by atoms with van der Waals surface area (Å²) in [7, 11) is 0. The fraction of sp³-hybridized carbons (Fsp3) is 0.344. The van der Waals surface area contributed by atoms with Crippen LogP contribution in [0.25, 0.3) is 0 Å². The van der Waals surface area contributed by atoms with Gasteiger partial charge in [-0.1, -0.05) is 47.3 Å². The molecule has 1 aliphatic heterocycles. The van der Waals surface area contributed by atoms with Crippen molar-refractivity contribution in [3.05, 3.63) is 82.4 Å². The number of aryl methyl sites for hydroxylation is 1. The van der Waals surface area contributed by atoms with Crippen molar-refractivity contribution < 1.29 is 23.7 Å². The minimum atomic E-state index is -0.379. The van der Waals surface area contributed by atoms with Gasteiger partial charge in [0.05, 0.1) is 33.0 Å². The standard InChI is InChI=1S/C32H34ClNO5S/c1-3-37-32(35)23-39-31-11-10-29(19-24(31)2)40-30-21-26(5-4-13-34-14-17-36-18-15-34)20-28(22-30)38-16-12-25-6-8-27(33)9-7-25/h6-11,19-22H,3,12-18,23H2,1-2H3. The summed E-state index contributed by atoms with van der Waals surface area (Å²) < 4.78 is 22.2. The highest BCUT2D eigenvalue weighted by Gasteiger charge is 2.10. The molecule has 0 spiro atoms. The van der Waals surface area contributed by atoms with Crippen LogP contribution in [0.5, 0.6) is 11.5 Å². The van der Waals surface area contributed by atoms with Gasteiger partial charge in [0.1, 0.15) is 11.5 Å². The highest BCUT2D eigenvalue weighted by Crippen LogP contribution is 2.34. The molecule has 0 aromatic heterocycles. The first-order valence-corrected chi connectivity index (χ1v) is 14.6. The predicted octanol–water partition coefficient (Wildman–Crippen LogP) is 6.05. The summed E-state index contributed by atoms with van der Waals surface area (Å²) in [4.78, 5) is 16.0. The van der Waals surface area contributed by atoms with Gasteiger partial charge in [-0.25, -0.2) is 4.79 Å². The molecule has 1 heterocycles. The van der Waals surface area contributed by atoms with E-state index in [-0.39, 0.29) is 12.6 Å². The molecule has 40 heavy (non-hydrogen) atoms. The maximum absolute atomic E-state index is 11.6. The molecule has 0 bridgehead atoms. The second-order valence-corrected chi connectivity index (χ2v) is 10.8. The van der Waals surface area contributed by atoms with Gasteiger partial charge in [-0.05, 0) is 73.5 Å². The fourth-order valence-corrected chi connectivity index (χ4v) is 5.19. The van der Waals surface area contributed by atoms with Crippen LogP contribution in [0.2, 0.25) is 5.02 Å². The van der Waals surface area contributed by atoms with Gasteiger partial charge in [0.25, 0.3) is 0 Å². The molecule has 0 amide bonds. The van der Waals surface area contributed by atoms with E-state index in [1.807, 2.05) is 61.5 Å². The maximum Gasteiger partial charge on any atom is 0.344 e. The van der Waals surface area contributed by atoms with Crippen molar-refractivity contribution in [2.75, 3.05) is 52.7 Å². The molecule has 4 rings (SSSR count). The van der Waals surface area contributed by atoms with Crippen molar-refractivity contribution in [3.63, 3.8) is 0 Å². The monoisotopic (exact) mass is 579 g/mol. The fourth-order valence-electron chi connectivity index (χ4n) is 4.06. The Morgan fingerprint density at radius 3 is 2.58 bits per heavy atom. The third-order valence-electron chi connectivity index (χ3n) is 6.12. The topological polar surface area (TPSA) is 57.2 Å². The van der Waals surface area contributed by atoms with Crippen molar-refractivity contribution in [3.8, 4) is 23.3 Å². The molecule has 0 atom stereocenters. The van der Waals surface area contributed by atoms with E-state index in [2.05, 4.69) is 22.8 Å². The molecule has 1 saturated heterocycles. The van der Waals surface area contributed by atoms with Gasteiger partial charge in [0, 0.05) is 39.9 Å². The Hall–Kier alpha value is -3.15. The third-order valence-corrected chi connectivity index (χ3v) is 7.34. The van der Waals surface area contributed by atoms with Crippen LogP contribution in [-0.2, 0) is 20.7 Å². The van der Waals surface area contributed by atoms with Gasteiger partial charge in [-0.3, -0.25) is 4.90 Å². The first-order valence-electron chi connectivity index (χ1n) is 13.4. The highest BCUT2D eigenvalue weighted by atomic mass is 35.5. The van der Waals surface area contributed by atoms with Crippen molar-refractivity contribution >= 4 is 29.3 Å². The van der Waals surface area contributed by atoms with Crippen LogP contribution in [0.3, 0.4) is 0 Å². The molecule has 1 aliphatic rings. The predicted molar refractivity (Wildman–Crippen MR) is 159 cm³/mol. The van der Waals surface area contributed by atoms with E-state index < -0.39 is 0 Å². The Balaban J connectivity index is 1.46. The molecule has 210 valence electrons. The minimum absolute atomic E-state index is 0.108. The van der Waals surface area contributed by atoms with Gasteiger partial charge in [0.15, 0.2) is 6.61 Å². The second kappa shape index (κ2) is 15.6. The number of benzene rings is 3. The Kier molecular flexibility index (Phi) is 11.6. The zero-order chi connectivity index (χ0) is 28.2. The highest BCUT2D eigenvalue weighted by molar-refractivity contribution is 7.99. The summed E-state index contributed by atoms with van der Waals surface area (Å²) in [5.74, 6) is 7.70. The maximum atomic E-state index is 11.6. The lowest BCUT2D eigenvalue weighted by Crippen LogP contribution is -2.36. The number of carbonyl (C=O) groups excluding carboxylic acids is 1. The molecular weight excluding hydrogens is 546 g/mol. The van der Waals surface area contributed by atoms with E-state index in [0.29, 0.717) is 25.5 Å². The Morgan fingerprint density at radius 2 is 1.82 bits per heavy atom. The Labute approximate surface area is 245 Å². The number of hydrogen-bond donors (Lipinski definition) is 0. The quantitative estimate of drug-likeness (QED) is 0.202. The number of nitrogens with zero attached hydrogens (tertiary/aromatic N) is 1. The first kappa shape index (κ1) is 29.8. The molecule has 3 aromatic carbocycles. The number of carbonyl (C=O) groups is 1. The summed E-state index contributed by atoms with van der Waals surface area (Å²) >= 11 is 7.64. The molecule has 0 unspecified atom stereocenters. The van der Waals surface area contributed by atoms with Crippen LogP contribution in [0.1, 0.15) is 23.6 Å². The molecule has 0 saturated carbocycles. The van der Waals surface area contributed by atoms with Gasteiger partial charge < -0.3 is 18.9 Å². The molecule has 8 heteroatoms. The van der Waals surface area contributed by atoms with Gasteiger partial charge >= 0.3 is 5.97 Å². The first-order chi connectivity index (χ1) is 19.5. The van der Waals surface area contributed by atoms with Crippen molar-refractivity contribution in [2.45, 2.75) is 30.1 Å². The zero-order valence-electron chi connectivity index (χ0n) is 22.9. The lowest BCUT2D eigenvalue weighted by molar-refractivity contribution is -0.145. The summed E-state index contributed by atoms with van der Waals surface area (Å²) in [6.07, 6.45) is 0.777. The molecule has 0 aliphatic carbocycles. The van der Waals surface area contributed by atoms with E-state index in [0.717, 1.165) is 64.4 Å². The lowest BCUT2D eigenvalue weighted by atomic mass is 10.2. The van der Waals surface area contributed by atoms with Crippen LogP contribution < -0.4 is 9.47 Å². The number of morpholine rings is 1. The lowest BCUT2D eigenvalue weighted by Gasteiger charge is -2.24. The molecule has 3 aromatic rings. The summed E-state index contributed by atoms with van der Waals surface area (Å²) in [6.45, 7) is 8.53.